The first kappa shape index (κ1) is 18.2. The molecule has 0 fully saturated rings. The van der Waals surface area contributed by atoms with Gasteiger partial charge in [0.1, 0.15) is 0 Å². The highest BCUT2D eigenvalue weighted by Gasteiger charge is 2.07. The zero-order valence-electron chi connectivity index (χ0n) is 14.0. The second-order valence-electron chi connectivity index (χ2n) is 6.22. The van der Waals surface area contributed by atoms with Crippen LogP contribution in [0, 0.1) is 6.92 Å². The molecule has 0 saturated carbocycles. The number of rotatable bonds is 12. The zero-order chi connectivity index (χ0) is 15.3. The Balaban J connectivity index is 1.96. The van der Waals surface area contributed by atoms with Crippen LogP contribution in [0.2, 0.25) is 0 Å². The largest absolute Gasteiger partial charge is 0.388 e. The molecule has 0 amide bonds. The first-order valence-electron chi connectivity index (χ1n) is 8.84. The molecule has 1 aromatic rings. The summed E-state index contributed by atoms with van der Waals surface area (Å²) in [6, 6.07) is 3.91. The van der Waals surface area contributed by atoms with Gasteiger partial charge in [0.2, 0.25) is 0 Å². The van der Waals surface area contributed by atoms with Crippen LogP contribution in [-0.2, 0) is 0 Å². The number of pyridine rings is 1. The minimum atomic E-state index is -0.319. The zero-order valence-corrected chi connectivity index (χ0v) is 14.0. The summed E-state index contributed by atoms with van der Waals surface area (Å²) in [5.41, 5.74) is 1.99. The Morgan fingerprint density at radius 3 is 2.10 bits per heavy atom. The summed E-state index contributed by atoms with van der Waals surface area (Å²) in [5.74, 6) is 0. The molecule has 0 radical (unpaired) electrons. The number of hydrogen-bond acceptors (Lipinski definition) is 2. The van der Waals surface area contributed by atoms with E-state index in [1.54, 1.807) is 6.20 Å². The van der Waals surface area contributed by atoms with Crippen LogP contribution in [0.15, 0.2) is 18.3 Å². The van der Waals surface area contributed by atoms with E-state index in [0.29, 0.717) is 0 Å². The van der Waals surface area contributed by atoms with Gasteiger partial charge >= 0.3 is 0 Å². The van der Waals surface area contributed by atoms with Gasteiger partial charge in [-0.05, 0) is 31.0 Å². The van der Waals surface area contributed by atoms with E-state index in [2.05, 4.69) is 11.9 Å². The Labute approximate surface area is 131 Å². The standard InChI is InChI=1S/C19H33NO/c1-3-4-5-6-7-8-9-10-11-12-13-19(21)18-14-15-20-17(2)16-18/h14-16,19,21H,3-13H2,1-2H3. The number of unbranched alkanes of at least 4 members (excludes halogenated alkanes) is 9. The molecule has 1 aromatic heterocycles. The fraction of sp³-hybridized carbons (Fsp3) is 0.737. The Bertz CT molecular complexity index is 364. The average Bonchev–Trinajstić information content (AvgIpc) is 2.49. The van der Waals surface area contributed by atoms with Crippen molar-refractivity contribution in [3.8, 4) is 0 Å². The molecule has 2 heteroatoms. The first-order valence-corrected chi connectivity index (χ1v) is 8.84. The topological polar surface area (TPSA) is 33.1 Å². The Morgan fingerprint density at radius 2 is 1.52 bits per heavy atom. The maximum Gasteiger partial charge on any atom is 0.0791 e. The van der Waals surface area contributed by atoms with Crippen LogP contribution in [-0.4, -0.2) is 10.1 Å². The van der Waals surface area contributed by atoms with Crippen molar-refractivity contribution < 1.29 is 5.11 Å². The quantitative estimate of drug-likeness (QED) is 0.498. The van der Waals surface area contributed by atoms with E-state index >= 15 is 0 Å². The van der Waals surface area contributed by atoms with Crippen molar-refractivity contribution >= 4 is 0 Å². The number of nitrogens with zero attached hydrogens (tertiary/aromatic N) is 1. The molecule has 120 valence electrons. The van der Waals surface area contributed by atoms with Crippen LogP contribution in [0.25, 0.3) is 0 Å². The lowest BCUT2D eigenvalue weighted by atomic mass is 10.0. The Kier molecular flexibility index (Phi) is 10.1. The average molecular weight is 291 g/mol. The fourth-order valence-electron chi connectivity index (χ4n) is 2.77. The lowest BCUT2D eigenvalue weighted by molar-refractivity contribution is 0.163. The number of hydrogen-bond donors (Lipinski definition) is 1. The van der Waals surface area contributed by atoms with E-state index in [-0.39, 0.29) is 6.10 Å². The van der Waals surface area contributed by atoms with E-state index in [1.807, 2.05) is 19.1 Å². The summed E-state index contributed by atoms with van der Waals surface area (Å²) in [5, 5.41) is 10.1. The third-order valence-corrected chi connectivity index (χ3v) is 4.14. The predicted molar refractivity (Wildman–Crippen MR) is 90.4 cm³/mol. The van der Waals surface area contributed by atoms with Crippen LogP contribution >= 0.6 is 0 Å². The van der Waals surface area contributed by atoms with E-state index in [4.69, 9.17) is 0 Å². The number of aliphatic hydroxyl groups is 1. The molecule has 0 aliphatic rings. The fourth-order valence-corrected chi connectivity index (χ4v) is 2.77. The molecule has 0 aliphatic carbocycles. The summed E-state index contributed by atoms with van der Waals surface area (Å²) in [6.07, 6.45) is 15.7. The highest BCUT2D eigenvalue weighted by molar-refractivity contribution is 5.17. The van der Waals surface area contributed by atoms with Crippen molar-refractivity contribution in [1.29, 1.82) is 0 Å². The van der Waals surface area contributed by atoms with Crippen LogP contribution in [0.4, 0.5) is 0 Å². The summed E-state index contributed by atoms with van der Waals surface area (Å²) in [6.45, 7) is 4.23. The number of aryl methyl sites for hydroxylation is 1. The molecule has 1 atom stereocenters. The summed E-state index contributed by atoms with van der Waals surface area (Å²) in [4.78, 5) is 4.17. The van der Waals surface area contributed by atoms with Gasteiger partial charge in [-0.25, -0.2) is 0 Å². The maximum atomic E-state index is 10.1. The lowest BCUT2D eigenvalue weighted by Crippen LogP contribution is -1.98. The minimum Gasteiger partial charge on any atom is -0.388 e. The molecule has 0 spiro atoms. The van der Waals surface area contributed by atoms with Gasteiger partial charge in [-0.1, -0.05) is 71.1 Å². The van der Waals surface area contributed by atoms with Crippen molar-refractivity contribution in [2.24, 2.45) is 0 Å². The van der Waals surface area contributed by atoms with Crippen LogP contribution < -0.4 is 0 Å². The highest BCUT2D eigenvalue weighted by atomic mass is 16.3. The van der Waals surface area contributed by atoms with Crippen molar-refractivity contribution in [3.63, 3.8) is 0 Å². The Hall–Kier alpha value is -0.890. The molecule has 0 aromatic carbocycles. The smallest absolute Gasteiger partial charge is 0.0791 e. The SMILES string of the molecule is CCCCCCCCCCCCC(O)c1ccnc(C)c1. The molecular weight excluding hydrogens is 258 g/mol. The normalized spacial score (nSPS) is 12.5. The molecule has 2 nitrogen and oxygen atoms in total. The third kappa shape index (κ3) is 8.87. The molecule has 0 saturated heterocycles. The molecule has 1 rings (SSSR count). The van der Waals surface area contributed by atoms with Gasteiger partial charge in [-0.15, -0.1) is 0 Å². The van der Waals surface area contributed by atoms with Gasteiger partial charge in [0.05, 0.1) is 6.10 Å². The van der Waals surface area contributed by atoms with Crippen molar-refractivity contribution in [1.82, 2.24) is 4.98 Å². The molecule has 0 aliphatic heterocycles. The van der Waals surface area contributed by atoms with Gasteiger partial charge in [0.15, 0.2) is 0 Å². The molecule has 21 heavy (non-hydrogen) atoms. The minimum absolute atomic E-state index is 0.319. The molecule has 1 heterocycles. The summed E-state index contributed by atoms with van der Waals surface area (Å²) in [7, 11) is 0. The second-order valence-corrected chi connectivity index (χ2v) is 6.22. The van der Waals surface area contributed by atoms with Gasteiger partial charge in [-0.2, -0.15) is 0 Å². The third-order valence-electron chi connectivity index (χ3n) is 4.14. The lowest BCUT2D eigenvalue weighted by Gasteiger charge is -2.11. The van der Waals surface area contributed by atoms with E-state index in [0.717, 1.165) is 24.1 Å². The Morgan fingerprint density at radius 1 is 0.952 bits per heavy atom. The predicted octanol–water partition coefficient (Wildman–Crippen LogP) is 5.73. The van der Waals surface area contributed by atoms with E-state index < -0.39 is 0 Å². The molecule has 0 bridgehead atoms. The van der Waals surface area contributed by atoms with Gasteiger partial charge in [0.25, 0.3) is 0 Å². The summed E-state index contributed by atoms with van der Waals surface area (Å²) >= 11 is 0. The maximum absolute atomic E-state index is 10.1. The van der Waals surface area contributed by atoms with Crippen LogP contribution in [0.3, 0.4) is 0 Å². The second kappa shape index (κ2) is 11.7. The number of aromatic nitrogens is 1. The molecule has 1 N–H and O–H groups in total. The van der Waals surface area contributed by atoms with Crippen LogP contribution in [0.5, 0.6) is 0 Å². The van der Waals surface area contributed by atoms with Gasteiger partial charge in [-0.3, -0.25) is 4.98 Å². The molecule has 1 unspecified atom stereocenters. The van der Waals surface area contributed by atoms with Crippen molar-refractivity contribution in [3.05, 3.63) is 29.6 Å². The van der Waals surface area contributed by atoms with E-state index in [9.17, 15) is 5.11 Å². The highest BCUT2D eigenvalue weighted by Crippen LogP contribution is 2.20. The van der Waals surface area contributed by atoms with E-state index in [1.165, 1.54) is 57.8 Å². The van der Waals surface area contributed by atoms with Crippen molar-refractivity contribution in [2.75, 3.05) is 0 Å². The monoisotopic (exact) mass is 291 g/mol. The van der Waals surface area contributed by atoms with Crippen LogP contribution in [0.1, 0.15) is 94.9 Å². The number of aliphatic hydroxyl groups excluding tert-OH is 1. The summed E-state index contributed by atoms with van der Waals surface area (Å²) < 4.78 is 0. The molecular formula is C19H33NO. The first-order chi connectivity index (χ1) is 10.2. The van der Waals surface area contributed by atoms with Crippen molar-refractivity contribution in [2.45, 2.75) is 90.6 Å². The van der Waals surface area contributed by atoms with Gasteiger partial charge in [0, 0.05) is 11.9 Å². The van der Waals surface area contributed by atoms with Gasteiger partial charge < -0.3 is 5.11 Å².